The van der Waals surface area contributed by atoms with Crippen molar-refractivity contribution in [2.24, 2.45) is 11.8 Å². The molecule has 4 nitrogen and oxygen atoms in total. The average molecular weight is 612 g/mol. The molecule has 3 fully saturated rings. The Bertz CT molecular complexity index is 1050. The van der Waals surface area contributed by atoms with Crippen molar-refractivity contribution in [3.05, 3.63) is 71.8 Å². The maximum atomic E-state index is 14.4. The summed E-state index contributed by atoms with van der Waals surface area (Å²) in [5.41, 5.74) is -0.493. The number of carbonyl (C=O) groups excluding carboxylic acids is 1. The molecule has 2 aromatic rings. The lowest BCUT2D eigenvalue weighted by molar-refractivity contribution is -0.954. The first-order valence-electron chi connectivity index (χ1n) is 12.9. The van der Waals surface area contributed by atoms with Crippen molar-refractivity contribution in [1.82, 2.24) is 0 Å². The van der Waals surface area contributed by atoms with E-state index in [0.29, 0.717) is 12.0 Å². The first kappa shape index (κ1) is 27.5. The van der Waals surface area contributed by atoms with Crippen LogP contribution in [0.5, 0.6) is 0 Å². The maximum absolute atomic E-state index is 14.4. The van der Waals surface area contributed by atoms with Gasteiger partial charge < -0.3 is 38.3 Å². The highest BCUT2D eigenvalue weighted by Crippen LogP contribution is 2.51. The van der Waals surface area contributed by atoms with Gasteiger partial charge in [-0.2, -0.15) is 0 Å². The van der Waals surface area contributed by atoms with Gasteiger partial charge in [-0.05, 0) is 31.7 Å². The normalized spacial score (nSPS) is 33.2. The number of hydrogen-bond donors (Lipinski definition) is 1. The maximum Gasteiger partial charge on any atom is 0.343 e. The lowest BCUT2D eigenvalue weighted by atomic mass is 9.72. The average Bonchev–Trinajstić information content (AvgIpc) is 3.37. The molecular weight excluding hydrogens is 575 g/mol. The van der Waals surface area contributed by atoms with Gasteiger partial charge in [0.05, 0.1) is 19.5 Å². The molecule has 2 saturated carbocycles. The van der Waals surface area contributed by atoms with Crippen molar-refractivity contribution in [1.29, 1.82) is 0 Å². The number of ether oxygens (including phenoxy) is 1. The minimum Gasteiger partial charge on any atom is -1.00 e. The Morgan fingerprint density at radius 3 is 2.36 bits per heavy atom. The smallest absolute Gasteiger partial charge is 0.343 e. The van der Waals surface area contributed by atoms with Crippen molar-refractivity contribution in [3.8, 4) is 0 Å². The van der Waals surface area contributed by atoms with E-state index >= 15 is 0 Å². The van der Waals surface area contributed by atoms with Crippen molar-refractivity contribution < 1.29 is 51.9 Å². The van der Waals surface area contributed by atoms with Crippen LogP contribution < -0.4 is 24.0 Å². The summed E-state index contributed by atoms with van der Waals surface area (Å²) in [4.78, 5) is 13.8. The quantitative estimate of drug-likeness (QED) is 0.311. The van der Waals surface area contributed by atoms with Gasteiger partial charge in [-0.25, -0.2) is 13.6 Å². The number of nitrogens with zero attached hydrogens (tertiary/aromatic N) is 1. The van der Waals surface area contributed by atoms with Gasteiger partial charge in [-0.3, -0.25) is 0 Å². The van der Waals surface area contributed by atoms with Gasteiger partial charge in [0.2, 0.25) is 5.92 Å². The van der Waals surface area contributed by atoms with E-state index in [4.69, 9.17) is 4.74 Å². The molecule has 0 amide bonds. The van der Waals surface area contributed by atoms with Gasteiger partial charge in [-0.15, -0.1) is 0 Å². The molecule has 7 heteroatoms. The van der Waals surface area contributed by atoms with E-state index in [0.717, 1.165) is 23.9 Å². The SMILES string of the molecule is C[C@@H](c1ccccc1)[N+]1(C)CC2CC[C@@H]1C2OC(=O)C(O)(c1ccccc1)C1CCCC(F)(F)C1.[I-]. The Labute approximate surface area is 229 Å². The molecule has 36 heavy (non-hydrogen) atoms. The molecule has 7 atom stereocenters. The summed E-state index contributed by atoms with van der Waals surface area (Å²) >= 11 is 0. The van der Waals surface area contributed by atoms with Crippen molar-refractivity contribution in [2.75, 3.05) is 13.6 Å². The van der Waals surface area contributed by atoms with E-state index in [1.165, 1.54) is 5.56 Å². The number of quaternary nitrogens is 1. The molecule has 2 aliphatic carbocycles. The highest BCUT2D eigenvalue weighted by atomic mass is 127. The Morgan fingerprint density at radius 1 is 1.08 bits per heavy atom. The van der Waals surface area contributed by atoms with Crippen molar-refractivity contribution in [3.63, 3.8) is 0 Å². The summed E-state index contributed by atoms with van der Waals surface area (Å²) in [6.07, 6.45) is 1.53. The zero-order chi connectivity index (χ0) is 24.8. The van der Waals surface area contributed by atoms with Crippen LogP contribution in [0.2, 0.25) is 0 Å². The molecular formula is C29H36F2INO3. The minimum atomic E-state index is -2.89. The number of halogens is 3. The highest BCUT2D eigenvalue weighted by molar-refractivity contribution is 5.82. The van der Waals surface area contributed by atoms with Crippen molar-refractivity contribution >= 4 is 5.97 Å². The number of rotatable bonds is 6. The van der Waals surface area contributed by atoms with Crippen LogP contribution in [0.4, 0.5) is 8.78 Å². The van der Waals surface area contributed by atoms with Gasteiger partial charge in [-0.1, -0.05) is 60.7 Å². The Kier molecular flexibility index (Phi) is 7.85. The standard InChI is InChI=1S/C29H36F2NO3.HI/c1-20(21-10-5-3-6-11-21)32(2)19-22-15-16-25(32)26(22)35-27(33)29(34,23-12-7-4-8-13-23)24-14-9-17-28(30,31)18-24;/h3-8,10-13,20,22,24-26,34H,9,14-19H2,1-2H3;1H/q+1;/p-1/t20-,22?,24?,25+,26?,29?,32?;/m0./s1. The van der Waals surface area contributed by atoms with Crippen LogP contribution in [0.1, 0.15) is 62.6 Å². The van der Waals surface area contributed by atoms with Crippen molar-refractivity contribution in [2.45, 2.75) is 75.2 Å². The molecule has 196 valence electrons. The topological polar surface area (TPSA) is 46.5 Å². The number of carbonyl (C=O) groups is 1. The molecule has 3 aliphatic rings. The molecule has 2 bridgehead atoms. The van der Waals surface area contributed by atoms with Gasteiger partial charge in [0.25, 0.3) is 0 Å². The molecule has 0 aromatic heterocycles. The number of fused-ring (bicyclic) bond motifs is 2. The highest BCUT2D eigenvalue weighted by Gasteiger charge is 2.61. The summed E-state index contributed by atoms with van der Waals surface area (Å²) in [5, 5.41) is 11.9. The molecule has 5 rings (SSSR count). The lowest BCUT2D eigenvalue weighted by Gasteiger charge is -2.44. The molecule has 1 heterocycles. The fourth-order valence-corrected chi connectivity index (χ4v) is 7.14. The molecule has 1 N–H and O–H groups in total. The summed E-state index contributed by atoms with van der Waals surface area (Å²) in [7, 11) is 2.23. The predicted molar refractivity (Wildman–Crippen MR) is 130 cm³/mol. The van der Waals surface area contributed by atoms with Crippen LogP contribution in [-0.4, -0.2) is 47.2 Å². The van der Waals surface area contributed by atoms with Crippen LogP contribution in [-0.2, 0) is 15.1 Å². The number of alkyl halides is 2. The van der Waals surface area contributed by atoms with Gasteiger partial charge >= 0.3 is 5.97 Å². The monoisotopic (exact) mass is 611 g/mol. The molecule has 1 saturated heterocycles. The Morgan fingerprint density at radius 2 is 1.72 bits per heavy atom. The van der Waals surface area contributed by atoms with E-state index in [9.17, 15) is 18.7 Å². The van der Waals surface area contributed by atoms with Crippen LogP contribution in [0, 0.1) is 11.8 Å². The lowest BCUT2D eigenvalue weighted by Crippen LogP contribution is -3.00. The van der Waals surface area contributed by atoms with Crippen LogP contribution in [0.25, 0.3) is 0 Å². The number of likely N-dealkylation sites (tertiary alicyclic amines) is 1. The number of hydrogen-bond acceptors (Lipinski definition) is 3. The van der Waals surface area contributed by atoms with E-state index in [2.05, 4.69) is 26.1 Å². The van der Waals surface area contributed by atoms with Crippen LogP contribution >= 0.6 is 0 Å². The first-order chi connectivity index (χ1) is 16.6. The molecule has 0 spiro atoms. The fraction of sp³-hybridized carbons (Fsp3) is 0.552. The zero-order valence-corrected chi connectivity index (χ0v) is 23.1. The zero-order valence-electron chi connectivity index (χ0n) is 21.0. The summed E-state index contributed by atoms with van der Waals surface area (Å²) < 4.78 is 35.7. The summed E-state index contributed by atoms with van der Waals surface area (Å²) in [5.74, 6) is -4.34. The number of benzene rings is 2. The number of aliphatic hydroxyl groups is 1. The number of esters is 1. The largest absolute Gasteiger partial charge is 1.00 e. The molecule has 0 radical (unpaired) electrons. The summed E-state index contributed by atoms with van der Waals surface area (Å²) in [6, 6.07) is 19.3. The predicted octanol–water partition coefficient (Wildman–Crippen LogP) is 2.62. The van der Waals surface area contributed by atoms with Gasteiger partial charge in [0.15, 0.2) is 11.7 Å². The third-order valence-electron chi connectivity index (χ3n) is 9.23. The second-order valence-electron chi connectivity index (χ2n) is 11.2. The minimum absolute atomic E-state index is 0. The van der Waals surface area contributed by atoms with Gasteiger partial charge in [0, 0.05) is 30.7 Å². The van der Waals surface area contributed by atoms with E-state index < -0.39 is 29.8 Å². The van der Waals surface area contributed by atoms with Crippen LogP contribution in [0.15, 0.2) is 60.7 Å². The Balaban J connectivity index is 0.00000304. The molecule has 2 aromatic carbocycles. The second kappa shape index (κ2) is 10.3. The van der Waals surface area contributed by atoms with E-state index in [1.54, 1.807) is 30.3 Å². The second-order valence-corrected chi connectivity index (χ2v) is 11.2. The summed E-state index contributed by atoms with van der Waals surface area (Å²) in [6.45, 7) is 3.11. The first-order valence-corrected chi connectivity index (χ1v) is 12.9. The Hall–Kier alpha value is -1.58. The fourth-order valence-electron chi connectivity index (χ4n) is 7.14. The number of likely N-dealkylation sites (N-methyl/N-ethyl adjacent to an activating group) is 1. The molecule has 1 aliphatic heterocycles. The van der Waals surface area contributed by atoms with E-state index in [-0.39, 0.29) is 60.9 Å². The third-order valence-corrected chi connectivity index (χ3v) is 9.23. The van der Waals surface area contributed by atoms with Crippen LogP contribution in [0.3, 0.4) is 0 Å². The molecule has 5 unspecified atom stereocenters. The number of piperidine rings is 1. The van der Waals surface area contributed by atoms with Gasteiger partial charge in [0.1, 0.15) is 12.1 Å². The van der Waals surface area contributed by atoms with E-state index in [1.807, 2.05) is 18.2 Å². The third kappa shape index (κ3) is 4.71.